The van der Waals surface area contributed by atoms with Gasteiger partial charge >= 0.3 is 0 Å². The standard InChI is InChI=1S/C12H16FNO/c13-11-4-3-9(5-6-14)7-12(11)15-8-10-1-2-10/h3-4,7,10H,1-2,5-6,8,14H2. The number of ether oxygens (including phenoxy) is 1. The molecule has 1 fully saturated rings. The van der Waals surface area contributed by atoms with E-state index in [0.717, 1.165) is 12.0 Å². The van der Waals surface area contributed by atoms with Crippen molar-refractivity contribution in [1.29, 1.82) is 0 Å². The summed E-state index contributed by atoms with van der Waals surface area (Å²) in [6.07, 6.45) is 3.19. The van der Waals surface area contributed by atoms with Crippen LogP contribution in [0.25, 0.3) is 0 Å². The molecule has 0 spiro atoms. The number of hydrogen-bond acceptors (Lipinski definition) is 2. The molecular weight excluding hydrogens is 193 g/mol. The minimum atomic E-state index is -0.281. The number of benzene rings is 1. The van der Waals surface area contributed by atoms with Crippen molar-refractivity contribution in [2.45, 2.75) is 19.3 Å². The smallest absolute Gasteiger partial charge is 0.165 e. The molecule has 0 aromatic heterocycles. The Hall–Kier alpha value is -1.09. The maximum absolute atomic E-state index is 13.3. The van der Waals surface area contributed by atoms with Crippen LogP contribution in [0.5, 0.6) is 5.75 Å². The van der Waals surface area contributed by atoms with Crippen molar-refractivity contribution < 1.29 is 9.13 Å². The fraction of sp³-hybridized carbons (Fsp3) is 0.500. The van der Waals surface area contributed by atoms with Crippen molar-refractivity contribution in [3.63, 3.8) is 0 Å². The van der Waals surface area contributed by atoms with Gasteiger partial charge in [0.15, 0.2) is 11.6 Å². The third-order valence-electron chi connectivity index (χ3n) is 2.60. The van der Waals surface area contributed by atoms with E-state index in [9.17, 15) is 4.39 Å². The lowest BCUT2D eigenvalue weighted by Crippen LogP contribution is -2.05. The Kier molecular flexibility index (Phi) is 3.21. The molecule has 2 N–H and O–H groups in total. The summed E-state index contributed by atoms with van der Waals surface area (Å²) in [5.74, 6) is 0.729. The minimum absolute atomic E-state index is 0.281. The van der Waals surface area contributed by atoms with E-state index in [1.54, 1.807) is 12.1 Å². The Balaban J connectivity index is 2.01. The lowest BCUT2D eigenvalue weighted by Gasteiger charge is -2.08. The van der Waals surface area contributed by atoms with E-state index in [2.05, 4.69) is 0 Å². The van der Waals surface area contributed by atoms with Crippen LogP contribution in [0.15, 0.2) is 18.2 Å². The average Bonchev–Trinajstić information content (AvgIpc) is 3.03. The molecule has 1 aromatic carbocycles. The normalized spacial score (nSPS) is 15.3. The van der Waals surface area contributed by atoms with Crippen LogP contribution in [0.1, 0.15) is 18.4 Å². The van der Waals surface area contributed by atoms with Crippen molar-refractivity contribution in [2.75, 3.05) is 13.2 Å². The monoisotopic (exact) mass is 209 g/mol. The first-order valence-corrected chi connectivity index (χ1v) is 5.41. The van der Waals surface area contributed by atoms with Crippen molar-refractivity contribution in [2.24, 2.45) is 11.7 Å². The van der Waals surface area contributed by atoms with Gasteiger partial charge in [-0.1, -0.05) is 6.07 Å². The fourth-order valence-corrected chi connectivity index (χ4v) is 1.47. The first kappa shape index (κ1) is 10.4. The van der Waals surface area contributed by atoms with Gasteiger partial charge in [0.2, 0.25) is 0 Å². The van der Waals surface area contributed by atoms with E-state index in [0.29, 0.717) is 24.8 Å². The van der Waals surface area contributed by atoms with Crippen LogP contribution >= 0.6 is 0 Å². The molecule has 82 valence electrons. The van der Waals surface area contributed by atoms with Crippen LogP contribution in [0.3, 0.4) is 0 Å². The molecule has 3 heteroatoms. The molecule has 0 atom stereocenters. The zero-order valence-corrected chi connectivity index (χ0v) is 8.71. The van der Waals surface area contributed by atoms with E-state index >= 15 is 0 Å². The Morgan fingerprint density at radius 1 is 1.40 bits per heavy atom. The SMILES string of the molecule is NCCc1ccc(F)c(OCC2CC2)c1. The van der Waals surface area contributed by atoms with Crippen molar-refractivity contribution in [3.8, 4) is 5.75 Å². The zero-order chi connectivity index (χ0) is 10.7. The molecule has 1 saturated carbocycles. The van der Waals surface area contributed by atoms with Gasteiger partial charge in [-0.05, 0) is 49.4 Å². The number of rotatable bonds is 5. The highest BCUT2D eigenvalue weighted by Gasteiger charge is 2.22. The summed E-state index contributed by atoms with van der Waals surface area (Å²) in [6.45, 7) is 1.22. The van der Waals surface area contributed by atoms with E-state index in [1.807, 2.05) is 0 Å². The van der Waals surface area contributed by atoms with Crippen LogP contribution in [0, 0.1) is 11.7 Å². The first-order valence-electron chi connectivity index (χ1n) is 5.41. The summed E-state index contributed by atoms with van der Waals surface area (Å²) in [5.41, 5.74) is 6.48. The van der Waals surface area contributed by atoms with E-state index in [-0.39, 0.29) is 5.82 Å². The highest BCUT2D eigenvalue weighted by molar-refractivity contribution is 5.30. The molecular formula is C12H16FNO. The lowest BCUT2D eigenvalue weighted by atomic mass is 10.1. The van der Waals surface area contributed by atoms with Gasteiger partial charge in [0.25, 0.3) is 0 Å². The number of hydrogen-bond donors (Lipinski definition) is 1. The molecule has 0 saturated heterocycles. The van der Waals surface area contributed by atoms with Crippen LogP contribution in [-0.4, -0.2) is 13.2 Å². The largest absolute Gasteiger partial charge is 0.490 e. The van der Waals surface area contributed by atoms with Crippen LogP contribution in [0.2, 0.25) is 0 Å². The molecule has 0 unspecified atom stereocenters. The summed E-state index contributed by atoms with van der Waals surface area (Å²) >= 11 is 0. The fourth-order valence-electron chi connectivity index (χ4n) is 1.47. The molecule has 0 amide bonds. The van der Waals surface area contributed by atoms with Gasteiger partial charge in [-0.2, -0.15) is 0 Å². The van der Waals surface area contributed by atoms with Gasteiger partial charge in [0, 0.05) is 0 Å². The van der Waals surface area contributed by atoms with E-state index in [4.69, 9.17) is 10.5 Å². The Bertz CT molecular complexity index is 336. The van der Waals surface area contributed by atoms with Gasteiger partial charge in [-0.3, -0.25) is 0 Å². The van der Waals surface area contributed by atoms with E-state index < -0.39 is 0 Å². The van der Waals surface area contributed by atoms with Gasteiger partial charge in [-0.25, -0.2) is 4.39 Å². The van der Waals surface area contributed by atoms with Gasteiger partial charge in [0.05, 0.1) is 6.61 Å². The maximum Gasteiger partial charge on any atom is 0.165 e. The second kappa shape index (κ2) is 4.62. The van der Waals surface area contributed by atoms with Crippen LogP contribution < -0.4 is 10.5 Å². The summed E-state index contributed by atoms with van der Waals surface area (Å²) in [5, 5.41) is 0. The molecule has 15 heavy (non-hydrogen) atoms. The van der Waals surface area contributed by atoms with Crippen LogP contribution in [-0.2, 0) is 6.42 Å². The summed E-state index contributed by atoms with van der Waals surface area (Å²) < 4.78 is 18.8. The minimum Gasteiger partial charge on any atom is -0.490 e. The molecule has 1 aliphatic carbocycles. The van der Waals surface area contributed by atoms with Crippen LogP contribution in [0.4, 0.5) is 4.39 Å². The Morgan fingerprint density at radius 2 is 2.20 bits per heavy atom. The first-order chi connectivity index (χ1) is 7.29. The molecule has 0 heterocycles. The second-order valence-corrected chi connectivity index (χ2v) is 4.06. The summed E-state index contributed by atoms with van der Waals surface area (Å²) in [4.78, 5) is 0. The zero-order valence-electron chi connectivity index (χ0n) is 8.71. The van der Waals surface area contributed by atoms with E-state index in [1.165, 1.54) is 18.9 Å². The number of nitrogens with two attached hydrogens (primary N) is 1. The molecule has 2 nitrogen and oxygen atoms in total. The molecule has 0 aliphatic heterocycles. The van der Waals surface area contributed by atoms with Gasteiger partial charge in [-0.15, -0.1) is 0 Å². The summed E-state index contributed by atoms with van der Waals surface area (Å²) in [6, 6.07) is 4.96. The Morgan fingerprint density at radius 3 is 2.87 bits per heavy atom. The summed E-state index contributed by atoms with van der Waals surface area (Å²) in [7, 11) is 0. The molecule has 1 aromatic rings. The molecule has 0 radical (unpaired) electrons. The topological polar surface area (TPSA) is 35.2 Å². The highest BCUT2D eigenvalue weighted by atomic mass is 19.1. The predicted molar refractivity (Wildman–Crippen MR) is 57.4 cm³/mol. The predicted octanol–water partition coefficient (Wildman–Crippen LogP) is 2.12. The number of halogens is 1. The van der Waals surface area contributed by atoms with Crippen molar-refractivity contribution in [3.05, 3.63) is 29.6 Å². The second-order valence-electron chi connectivity index (χ2n) is 4.06. The third kappa shape index (κ3) is 2.93. The molecule has 2 rings (SSSR count). The van der Waals surface area contributed by atoms with Gasteiger partial charge in [0.1, 0.15) is 0 Å². The highest BCUT2D eigenvalue weighted by Crippen LogP contribution is 2.30. The quantitative estimate of drug-likeness (QED) is 0.806. The lowest BCUT2D eigenvalue weighted by molar-refractivity contribution is 0.285. The maximum atomic E-state index is 13.3. The van der Waals surface area contributed by atoms with Crippen molar-refractivity contribution in [1.82, 2.24) is 0 Å². The molecule has 1 aliphatic rings. The third-order valence-corrected chi connectivity index (χ3v) is 2.60. The van der Waals surface area contributed by atoms with Gasteiger partial charge < -0.3 is 10.5 Å². The average molecular weight is 209 g/mol. The molecule has 0 bridgehead atoms. The Labute approximate surface area is 89.2 Å². The van der Waals surface area contributed by atoms with Crippen molar-refractivity contribution >= 4 is 0 Å².